The topological polar surface area (TPSA) is 25.8 Å². The van der Waals surface area contributed by atoms with Crippen LogP contribution in [0.2, 0.25) is 0 Å². The van der Waals surface area contributed by atoms with Gasteiger partial charge in [0, 0.05) is 16.7 Å². The Morgan fingerprint density at radius 3 is 1.34 bits per heavy atom. The van der Waals surface area contributed by atoms with Gasteiger partial charge < -0.3 is 0 Å². The largest absolute Gasteiger partial charge is 0.228 e. The van der Waals surface area contributed by atoms with Crippen LogP contribution < -0.4 is 0 Å². The normalized spacial score (nSPS) is 11.2. The number of nitrogens with zero attached hydrogens (tertiary/aromatic N) is 2. The smallest absolute Gasteiger partial charge is 0.161 e. The maximum atomic E-state index is 5.16. The first-order chi connectivity index (χ1) is 21.8. The summed E-state index contributed by atoms with van der Waals surface area (Å²) in [4.78, 5) is 10.3. The highest BCUT2D eigenvalue weighted by molar-refractivity contribution is 5.97. The molecule has 0 N–H and O–H groups in total. The van der Waals surface area contributed by atoms with Crippen LogP contribution >= 0.6 is 0 Å². The Morgan fingerprint density at radius 2 is 0.727 bits per heavy atom. The highest BCUT2D eigenvalue weighted by atomic mass is 14.9. The van der Waals surface area contributed by atoms with Crippen LogP contribution in [0, 0.1) is 0 Å². The Balaban J connectivity index is 1.25. The fourth-order valence-electron chi connectivity index (χ4n) is 6.05. The van der Waals surface area contributed by atoms with Crippen molar-refractivity contribution in [1.29, 1.82) is 0 Å². The Hall–Kier alpha value is -5.86. The second-order valence-corrected chi connectivity index (χ2v) is 11.0. The number of hydrogen-bond donors (Lipinski definition) is 0. The highest BCUT2D eigenvalue weighted by Crippen LogP contribution is 2.34. The van der Waals surface area contributed by atoms with E-state index in [4.69, 9.17) is 9.97 Å². The van der Waals surface area contributed by atoms with E-state index in [0.29, 0.717) is 0 Å². The van der Waals surface area contributed by atoms with Crippen LogP contribution in [-0.2, 0) is 0 Å². The van der Waals surface area contributed by atoms with Gasteiger partial charge in [-0.3, -0.25) is 0 Å². The van der Waals surface area contributed by atoms with Gasteiger partial charge in [0.15, 0.2) is 5.82 Å². The molecule has 1 heterocycles. The van der Waals surface area contributed by atoms with E-state index in [1.54, 1.807) is 0 Å². The zero-order chi connectivity index (χ0) is 29.3. The summed E-state index contributed by atoms with van der Waals surface area (Å²) in [6.45, 7) is 0. The maximum Gasteiger partial charge on any atom is 0.161 e. The predicted molar refractivity (Wildman–Crippen MR) is 184 cm³/mol. The van der Waals surface area contributed by atoms with Crippen LogP contribution in [0.25, 0.3) is 77.7 Å². The molecule has 0 unspecified atom stereocenters. The molecule has 7 aromatic carbocycles. The second-order valence-electron chi connectivity index (χ2n) is 11.0. The summed E-state index contributed by atoms with van der Waals surface area (Å²) < 4.78 is 0. The van der Waals surface area contributed by atoms with E-state index >= 15 is 0 Å². The van der Waals surface area contributed by atoms with Crippen molar-refractivity contribution in [2.75, 3.05) is 0 Å². The molecule has 0 aliphatic carbocycles. The highest BCUT2D eigenvalue weighted by Gasteiger charge is 2.14. The number of benzene rings is 7. The van der Waals surface area contributed by atoms with Crippen molar-refractivity contribution in [3.63, 3.8) is 0 Å². The monoisotopic (exact) mass is 560 g/mol. The molecule has 8 aromatic rings. The van der Waals surface area contributed by atoms with E-state index in [9.17, 15) is 0 Å². The SMILES string of the molecule is c1ccc(-c2ccc(-c3cc(-c4ccc(-c5cccc6ccccc56)cc4)nc(-c4cccc5ccccc45)n3)cc2)cc1. The van der Waals surface area contributed by atoms with Gasteiger partial charge in [-0.15, -0.1) is 0 Å². The Morgan fingerprint density at radius 1 is 0.295 bits per heavy atom. The molecule has 0 fully saturated rings. The first-order valence-electron chi connectivity index (χ1n) is 14.9. The van der Waals surface area contributed by atoms with Crippen molar-refractivity contribution in [1.82, 2.24) is 9.97 Å². The molecule has 0 saturated carbocycles. The molecule has 206 valence electrons. The lowest BCUT2D eigenvalue weighted by molar-refractivity contribution is 1.19. The van der Waals surface area contributed by atoms with Gasteiger partial charge in [0.25, 0.3) is 0 Å². The molecule has 44 heavy (non-hydrogen) atoms. The Bertz CT molecular complexity index is 2240. The van der Waals surface area contributed by atoms with Crippen LogP contribution in [0.1, 0.15) is 0 Å². The molecule has 0 aliphatic rings. The van der Waals surface area contributed by atoms with Crippen LogP contribution in [0.15, 0.2) is 170 Å². The summed E-state index contributed by atoms with van der Waals surface area (Å²) in [5.74, 6) is 0.722. The van der Waals surface area contributed by atoms with Crippen molar-refractivity contribution in [3.8, 4) is 56.2 Å². The molecule has 0 atom stereocenters. The summed E-state index contributed by atoms with van der Waals surface area (Å²) in [5, 5.41) is 4.81. The molecule has 0 spiro atoms. The van der Waals surface area contributed by atoms with E-state index in [1.807, 2.05) is 6.07 Å². The molecule has 0 aliphatic heterocycles. The van der Waals surface area contributed by atoms with Crippen molar-refractivity contribution < 1.29 is 0 Å². The van der Waals surface area contributed by atoms with Gasteiger partial charge in [0.1, 0.15) is 0 Å². The molecule has 1 aromatic heterocycles. The van der Waals surface area contributed by atoms with Gasteiger partial charge in [-0.25, -0.2) is 9.97 Å². The van der Waals surface area contributed by atoms with Crippen LogP contribution in [0.5, 0.6) is 0 Å². The fourth-order valence-corrected chi connectivity index (χ4v) is 6.05. The summed E-state index contributed by atoms with van der Waals surface area (Å²) in [7, 11) is 0. The number of fused-ring (bicyclic) bond motifs is 2. The predicted octanol–water partition coefficient (Wildman–Crippen LogP) is 11.1. The molecule has 8 rings (SSSR count). The van der Waals surface area contributed by atoms with Gasteiger partial charge in [-0.1, -0.05) is 164 Å². The number of rotatable bonds is 5. The Kier molecular flexibility index (Phi) is 6.51. The molecule has 0 amide bonds. The second kappa shape index (κ2) is 11.1. The molecule has 0 bridgehead atoms. The average Bonchev–Trinajstić information content (AvgIpc) is 3.11. The zero-order valence-corrected chi connectivity index (χ0v) is 24.1. The quantitative estimate of drug-likeness (QED) is 0.209. The number of aromatic nitrogens is 2. The molecule has 0 saturated heterocycles. The van der Waals surface area contributed by atoms with Crippen molar-refractivity contribution >= 4 is 21.5 Å². The lowest BCUT2D eigenvalue weighted by Crippen LogP contribution is -1.96. The van der Waals surface area contributed by atoms with E-state index in [2.05, 4.69) is 164 Å². The van der Waals surface area contributed by atoms with Crippen LogP contribution in [0.3, 0.4) is 0 Å². The van der Waals surface area contributed by atoms with Gasteiger partial charge in [-0.2, -0.15) is 0 Å². The third-order valence-corrected chi connectivity index (χ3v) is 8.33. The summed E-state index contributed by atoms with van der Waals surface area (Å²) in [6, 6.07) is 59.8. The average molecular weight is 561 g/mol. The molecular formula is C42H28N2. The maximum absolute atomic E-state index is 5.16. The van der Waals surface area contributed by atoms with Gasteiger partial charge >= 0.3 is 0 Å². The molecule has 2 heteroatoms. The van der Waals surface area contributed by atoms with E-state index in [-0.39, 0.29) is 0 Å². The van der Waals surface area contributed by atoms with Gasteiger partial charge in [-0.05, 0) is 49.9 Å². The van der Waals surface area contributed by atoms with Gasteiger partial charge in [0.05, 0.1) is 11.4 Å². The van der Waals surface area contributed by atoms with E-state index < -0.39 is 0 Å². The lowest BCUT2D eigenvalue weighted by Gasteiger charge is -2.12. The third-order valence-electron chi connectivity index (χ3n) is 8.33. The van der Waals surface area contributed by atoms with E-state index in [1.165, 1.54) is 38.4 Å². The van der Waals surface area contributed by atoms with Crippen molar-refractivity contribution in [2.24, 2.45) is 0 Å². The minimum atomic E-state index is 0.722. The minimum Gasteiger partial charge on any atom is -0.228 e. The minimum absolute atomic E-state index is 0.722. The Labute approximate surface area is 257 Å². The van der Waals surface area contributed by atoms with Gasteiger partial charge in [0.2, 0.25) is 0 Å². The lowest BCUT2D eigenvalue weighted by atomic mass is 9.96. The van der Waals surface area contributed by atoms with Crippen molar-refractivity contribution in [2.45, 2.75) is 0 Å². The van der Waals surface area contributed by atoms with Crippen LogP contribution in [0.4, 0.5) is 0 Å². The molecule has 2 nitrogen and oxygen atoms in total. The number of hydrogen-bond acceptors (Lipinski definition) is 2. The molecular weight excluding hydrogens is 532 g/mol. The van der Waals surface area contributed by atoms with Crippen molar-refractivity contribution in [3.05, 3.63) is 170 Å². The van der Waals surface area contributed by atoms with E-state index in [0.717, 1.165) is 39.3 Å². The molecule has 0 radical (unpaired) electrons. The standard InChI is InChI=1S/C42H28N2/c1-2-10-29(11-3-1)30-20-24-34(25-21-30)40-28-41(44-42(43-40)39-19-9-15-32-13-5-7-17-38(32)39)35-26-22-33(23-27-35)37-18-8-14-31-12-4-6-16-36(31)37/h1-28H. The first kappa shape index (κ1) is 25.8. The summed E-state index contributed by atoms with van der Waals surface area (Å²) >= 11 is 0. The third kappa shape index (κ3) is 4.83. The first-order valence-corrected chi connectivity index (χ1v) is 14.9. The van der Waals surface area contributed by atoms with Crippen LogP contribution in [-0.4, -0.2) is 9.97 Å². The fraction of sp³-hybridized carbons (Fsp3) is 0. The summed E-state index contributed by atoms with van der Waals surface area (Å²) in [6.07, 6.45) is 0. The summed E-state index contributed by atoms with van der Waals surface area (Å²) in [5.41, 5.74) is 9.73. The zero-order valence-electron chi connectivity index (χ0n) is 24.1.